The van der Waals surface area contributed by atoms with Gasteiger partial charge < -0.3 is 24.8 Å². The number of anilines is 2. The number of nitrogens with zero attached hydrogens (tertiary/aromatic N) is 4. The fourth-order valence-corrected chi connectivity index (χ4v) is 5.38. The van der Waals surface area contributed by atoms with Gasteiger partial charge in [-0.15, -0.1) is 0 Å². The topological polar surface area (TPSA) is 112 Å². The lowest BCUT2D eigenvalue weighted by Crippen LogP contribution is -2.37. The monoisotopic (exact) mass is 582 g/mol. The Balaban J connectivity index is 1.16. The summed E-state index contributed by atoms with van der Waals surface area (Å²) in [5, 5.41) is 11.0. The Kier molecular flexibility index (Phi) is 8.95. The van der Waals surface area contributed by atoms with E-state index in [9.17, 15) is 4.79 Å². The van der Waals surface area contributed by atoms with Gasteiger partial charge in [-0.2, -0.15) is 5.10 Å². The SMILES string of the molecule is CCC(CC)NC(=O)COc1cccc(-c2nc3c(c(Nc4ccc(-c5cnn(C6CCCCO6)c5)cc4)n2)COC3)c1. The Morgan fingerprint density at radius 3 is 2.70 bits per heavy atom. The summed E-state index contributed by atoms with van der Waals surface area (Å²) in [7, 11) is 0. The maximum absolute atomic E-state index is 12.3. The number of fused-ring (bicyclic) bond motifs is 1. The molecule has 0 spiro atoms. The molecule has 1 fully saturated rings. The molecule has 2 aliphatic heterocycles. The molecule has 1 atom stereocenters. The average molecular weight is 583 g/mol. The second-order valence-corrected chi connectivity index (χ2v) is 10.9. The molecule has 10 heteroatoms. The van der Waals surface area contributed by atoms with Gasteiger partial charge in [0.1, 0.15) is 17.8 Å². The number of aromatic nitrogens is 4. The van der Waals surface area contributed by atoms with Crippen LogP contribution < -0.4 is 15.4 Å². The number of benzene rings is 2. The highest BCUT2D eigenvalue weighted by Gasteiger charge is 2.22. The summed E-state index contributed by atoms with van der Waals surface area (Å²) in [6, 6.07) is 15.9. The average Bonchev–Trinajstić information content (AvgIpc) is 3.74. The van der Waals surface area contributed by atoms with Crippen LogP contribution in [0.25, 0.3) is 22.5 Å². The van der Waals surface area contributed by atoms with Crippen LogP contribution in [0.15, 0.2) is 60.9 Å². The Bertz CT molecular complexity index is 1540. The number of ether oxygens (including phenoxy) is 3. The highest BCUT2D eigenvalue weighted by Crippen LogP contribution is 2.32. The first-order valence-corrected chi connectivity index (χ1v) is 15.1. The number of carbonyl (C=O) groups is 1. The third-order valence-corrected chi connectivity index (χ3v) is 7.92. The van der Waals surface area contributed by atoms with Gasteiger partial charge in [0.25, 0.3) is 5.91 Å². The minimum atomic E-state index is -0.130. The van der Waals surface area contributed by atoms with Crippen molar-refractivity contribution < 1.29 is 19.0 Å². The van der Waals surface area contributed by atoms with Crippen molar-refractivity contribution >= 4 is 17.4 Å². The maximum atomic E-state index is 12.3. The summed E-state index contributed by atoms with van der Waals surface area (Å²) >= 11 is 0. The first-order valence-electron chi connectivity index (χ1n) is 15.1. The molecule has 0 saturated carbocycles. The Hall–Kier alpha value is -4.28. The molecule has 0 radical (unpaired) electrons. The van der Waals surface area contributed by atoms with Crippen molar-refractivity contribution in [3.63, 3.8) is 0 Å². The van der Waals surface area contributed by atoms with E-state index < -0.39 is 0 Å². The quantitative estimate of drug-likeness (QED) is 0.216. The van der Waals surface area contributed by atoms with Crippen molar-refractivity contribution in [1.82, 2.24) is 25.1 Å². The van der Waals surface area contributed by atoms with Crippen molar-refractivity contribution in [2.45, 2.75) is 71.4 Å². The van der Waals surface area contributed by atoms with Gasteiger partial charge in [-0.3, -0.25) is 4.79 Å². The lowest BCUT2D eigenvalue weighted by molar-refractivity contribution is -0.123. The van der Waals surface area contributed by atoms with Gasteiger partial charge in [-0.1, -0.05) is 38.1 Å². The van der Waals surface area contributed by atoms with Crippen molar-refractivity contribution in [1.29, 1.82) is 0 Å². The van der Waals surface area contributed by atoms with Crippen LogP contribution in [0.2, 0.25) is 0 Å². The Morgan fingerprint density at radius 1 is 1.05 bits per heavy atom. The summed E-state index contributed by atoms with van der Waals surface area (Å²) in [4.78, 5) is 22.0. The largest absolute Gasteiger partial charge is 0.484 e. The van der Waals surface area contributed by atoms with Crippen molar-refractivity contribution in [2.75, 3.05) is 18.5 Å². The van der Waals surface area contributed by atoms with Crippen molar-refractivity contribution in [3.05, 3.63) is 72.2 Å². The maximum Gasteiger partial charge on any atom is 0.258 e. The van der Waals surface area contributed by atoms with E-state index >= 15 is 0 Å². The van der Waals surface area contributed by atoms with Gasteiger partial charge in [-0.05, 0) is 61.9 Å². The molecule has 4 heterocycles. The highest BCUT2D eigenvalue weighted by molar-refractivity contribution is 5.78. The fourth-order valence-electron chi connectivity index (χ4n) is 5.38. The molecule has 0 bridgehead atoms. The van der Waals surface area contributed by atoms with Crippen LogP contribution in [-0.2, 0) is 27.5 Å². The molecule has 4 aromatic rings. The van der Waals surface area contributed by atoms with E-state index in [1.165, 1.54) is 0 Å². The summed E-state index contributed by atoms with van der Waals surface area (Å²) in [5.41, 5.74) is 5.64. The van der Waals surface area contributed by atoms with Gasteiger partial charge in [0, 0.05) is 41.2 Å². The molecule has 1 amide bonds. The third kappa shape index (κ3) is 6.87. The number of nitrogens with one attached hydrogen (secondary N) is 2. The van der Waals surface area contributed by atoms with E-state index in [-0.39, 0.29) is 24.8 Å². The lowest BCUT2D eigenvalue weighted by Gasteiger charge is -2.22. The summed E-state index contributed by atoms with van der Waals surface area (Å²) < 4.78 is 19.3. The normalized spacial score (nSPS) is 16.2. The van der Waals surface area contributed by atoms with E-state index in [0.29, 0.717) is 30.6 Å². The van der Waals surface area contributed by atoms with E-state index in [4.69, 9.17) is 24.2 Å². The van der Waals surface area contributed by atoms with E-state index in [2.05, 4.69) is 47.9 Å². The summed E-state index contributed by atoms with van der Waals surface area (Å²) in [6.45, 7) is 5.74. The molecule has 43 heavy (non-hydrogen) atoms. The molecule has 224 valence electrons. The fraction of sp³-hybridized carbons (Fsp3) is 0.394. The van der Waals surface area contributed by atoms with Crippen LogP contribution in [0.3, 0.4) is 0 Å². The molecule has 0 aliphatic carbocycles. The van der Waals surface area contributed by atoms with Crippen LogP contribution in [0, 0.1) is 0 Å². The Morgan fingerprint density at radius 2 is 1.91 bits per heavy atom. The predicted octanol–water partition coefficient (Wildman–Crippen LogP) is 6.16. The molecular formula is C33H38N6O4. The molecule has 2 aromatic heterocycles. The first-order chi connectivity index (χ1) is 21.1. The van der Waals surface area contributed by atoms with Gasteiger partial charge in [-0.25, -0.2) is 14.6 Å². The Labute approximate surface area is 251 Å². The van der Waals surface area contributed by atoms with Crippen LogP contribution in [0.5, 0.6) is 5.75 Å². The van der Waals surface area contributed by atoms with Crippen LogP contribution in [-0.4, -0.2) is 44.9 Å². The van der Waals surface area contributed by atoms with E-state index in [1.54, 1.807) is 0 Å². The molecule has 2 N–H and O–H groups in total. The molecule has 1 unspecified atom stereocenters. The molecule has 6 rings (SSSR count). The van der Waals surface area contributed by atoms with Crippen LogP contribution in [0.1, 0.15) is 63.4 Å². The molecule has 1 saturated heterocycles. The van der Waals surface area contributed by atoms with E-state index in [1.807, 2.05) is 47.3 Å². The van der Waals surface area contributed by atoms with Crippen LogP contribution in [0.4, 0.5) is 11.5 Å². The summed E-state index contributed by atoms with van der Waals surface area (Å²) in [5.74, 6) is 1.73. The minimum absolute atomic E-state index is 0.0193. The molecule has 2 aliphatic rings. The second kappa shape index (κ2) is 13.4. The zero-order chi connectivity index (χ0) is 29.6. The molecule has 2 aromatic carbocycles. The molecule has 10 nitrogen and oxygen atoms in total. The number of hydrogen-bond acceptors (Lipinski definition) is 8. The van der Waals surface area contributed by atoms with Gasteiger partial charge in [0.15, 0.2) is 12.4 Å². The predicted molar refractivity (Wildman–Crippen MR) is 164 cm³/mol. The van der Waals surface area contributed by atoms with Crippen molar-refractivity contribution in [3.8, 4) is 28.3 Å². The van der Waals surface area contributed by atoms with Gasteiger partial charge in [0.05, 0.1) is 25.1 Å². The highest BCUT2D eigenvalue weighted by atomic mass is 16.5. The number of amides is 1. The zero-order valence-electron chi connectivity index (χ0n) is 24.7. The summed E-state index contributed by atoms with van der Waals surface area (Å²) in [6.07, 6.45) is 9.00. The van der Waals surface area contributed by atoms with Crippen LogP contribution >= 0.6 is 0 Å². The van der Waals surface area contributed by atoms with Gasteiger partial charge in [0.2, 0.25) is 0 Å². The third-order valence-electron chi connectivity index (χ3n) is 7.92. The standard InChI is InChI=1S/C33H38N6O4/c1-3-25(4-2)35-30(40)21-43-27-9-7-8-23(16-27)32-37-29-20-41-19-28(29)33(38-32)36-26-13-11-22(12-14-26)24-17-34-39(18-24)31-10-5-6-15-42-31/h7-9,11-14,16-18,25,31H,3-6,10,15,19-21H2,1-2H3,(H,35,40)(H,36,37,38). The number of rotatable bonds is 11. The van der Waals surface area contributed by atoms with Crippen molar-refractivity contribution in [2.24, 2.45) is 0 Å². The smallest absolute Gasteiger partial charge is 0.258 e. The number of hydrogen-bond donors (Lipinski definition) is 2. The second-order valence-electron chi connectivity index (χ2n) is 10.9. The minimum Gasteiger partial charge on any atom is -0.484 e. The van der Waals surface area contributed by atoms with E-state index in [0.717, 1.165) is 72.3 Å². The van der Waals surface area contributed by atoms with Gasteiger partial charge >= 0.3 is 0 Å². The number of carbonyl (C=O) groups excluding carboxylic acids is 1. The molecular weight excluding hydrogens is 544 g/mol. The zero-order valence-corrected chi connectivity index (χ0v) is 24.7. The first kappa shape index (κ1) is 28.8. The lowest BCUT2D eigenvalue weighted by atomic mass is 10.1.